The van der Waals surface area contributed by atoms with Crippen LogP contribution >= 0.6 is 0 Å². The van der Waals surface area contributed by atoms with Gasteiger partial charge in [-0.1, -0.05) is 12.1 Å². The van der Waals surface area contributed by atoms with Gasteiger partial charge in [0.05, 0.1) is 28.3 Å². The molecule has 11 nitrogen and oxygen atoms in total. The molecule has 4 N–H and O–H groups in total. The predicted molar refractivity (Wildman–Crippen MR) is 155 cm³/mol. The van der Waals surface area contributed by atoms with E-state index in [4.69, 9.17) is 0 Å². The second-order valence-electron chi connectivity index (χ2n) is 10.4. The molecular formula is C20H28B5N9O2. The minimum Gasteiger partial charge on any atom is -0.377 e. The molecule has 0 radical (unpaired) electrons. The average molecular weight is 481 g/mol. The van der Waals surface area contributed by atoms with Crippen LogP contribution in [0.1, 0.15) is 16.1 Å². The topological polar surface area (TPSA) is 129 Å². The maximum atomic E-state index is 13.2. The van der Waals surface area contributed by atoms with E-state index in [9.17, 15) is 9.59 Å². The van der Waals surface area contributed by atoms with Crippen LogP contribution in [0.15, 0.2) is 30.5 Å². The lowest BCUT2D eigenvalue weighted by atomic mass is 9.49. The average Bonchev–Trinajstić information content (AvgIpc) is 3.19. The molecule has 0 saturated carbocycles. The van der Waals surface area contributed by atoms with Crippen molar-refractivity contribution >= 4 is 74.0 Å². The van der Waals surface area contributed by atoms with Crippen LogP contribution in [0.3, 0.4) is 0 Å². The largest absolute Gasteiger partial charge is 0.377 e. The third-order valence-corrected chi connectivity index (χ3v) is 6.13. The number of urea groups is 1. The standard InChI is InChI=1S/C20H28B5N9O2/c1-26-18(36)29-13-7-12(10(8-27-13)17(35)30-20(23,24)25)28-11-6-4-5-9-14-16(32-34(3)31-14)19(21,22)33(2)15(9)11/h4-8H,21-25H2,1-3H3,(H,30,35)(H3,26,27,28,29,36). The number of aryl methyl sites for hydroxylation is 1. The number of amides is 3. The van der Waals surface area contributed by atoms with Gasteiger partial charge >= 0.3 is 6.03 Å². The molecule has 3 heterocycles. The molecule has 0 atom stereocenters. The van der Waals surface area contributed by atoms with E-state index in [0.717, 1.165) is 28.3 Å². The van der Waals surface area contributed by atoms with Crippen molar-refractivity contribution in [3.05, 3.63) is 41.7 Å². The molecule has 180 valence electrons. The number of carbonyl (C=O) groups is 2. The zero-order valence-electron chi connectivity index (χ0n) is 21.9. The van der Waals surface area contributed by atoms with E-state index in [1.54, 1.807) is 10.9 Å². The van der Waals surface area contributed by atoms with Gasteiger partial charge in [-0.15, -0.1) is 0 Å². The zero-order valence-corrected chi connectivity index (χ0v) is 21.9. The molecule has 0 unspecified atom stereocenters. The van der Waals surface area contributed by atoms with Crippen molar-refractivity contribution in [2.45, 2.75) is 10.6 Å². The first-order valence-electron chi connectivity index (χ1n) is 11.7. The van der Waals surface area contributed by atoms with Gasteiger partial charge in [-0.3, -0.25) is 10.1 Å². The molecule has 3 aromatic rings. The van der Waals surface area contributed by atoms with Gasteiger partial charge in [0.15, 0.2) is 0 Å². The Morgan fingerprint density at radius 3 is 2.47 bits per heavy atom. The van der Waals surface area contributed by atoms with Gasteiger partial charge in [-0.25, -0.2) is 9.78 Å². The quantitative estimate of drug-likeness (QED) is 0.278. The lowest BCUT2D eigenvalue weighted by Gasteiger charge is -2.42. The maximum Gasteiger partial charge on any atom is 0.320 e. The molecule has 0 bridgehead atoms. The number of para-hydroxylation sites is 1. The number of fused-ring (bicyclic) bond motifs is 3. The number of nitrogens with one attached hydrogen (secondary N) is 4. The lowest BCUT2D eigenvalue weighted by molar-refractivity contribution is 0.0953. The fourth-order valence-electron chi connectivity index (χ4n) is 4.18. The molecule has 0 aliphatic carbocycles. The van der Waals surface area contributed by atoms with Gasteiger partial charge in [0.1, 0.15) is 50.7 Å². The fourth-order valence-corrected chi connectivity index (χ4v) is 4.18. The Kier molecular flexibility index (Phi) is 6.31. The molecule has 16 heteroatoms. The van der Waals surface area contributed by atoms with Gasteiger partial charge in [0.2, 0.25) is 0 Å². The highest BCUT2D eigenvalue weighted by Gasteiger charge is 2.40. The Morgan fingerprint density at radius 1 is 1.08 bits per heavy atom. The summed E-state index contributed by atoms with van der Waals surface area (Å²) in [7, 11) is 15.3. The van der Waals surface area contributed by atoms with Crippen LogP contribution in [-0.2, 0) is 12.4 Å². The van der Waals surface area contributed by atoms with Crippen molar-refractivity contribution in [2.24, 2.45) is 7.05 Å². The van der Waals surface area contributed by atoms with Crippen molar-refractivity contribution in [3.8, 4) is 11.3 Å². The van der Waals surface area contributed by atoms with E-state index >= 15 is 0 Å². The molecule has 1 aliphatic heterocycles. The molecule has 0 spiro atoms. The van der Waals surface area contributed by atoms with Gasteiger partial charge in [0, 0.05) is 44.3 Å². The van der Waals surface area contributed by atoms with Gasteiger partial charge in [-0.05, 0) is 11.3 Å². The molecule has 4 rings (SSSR count). The Morgan fingerprint density at radius 2 is 1.81 bits per heavy atom. The molecule has 36 heavy (non-hydrogen) atoms. The highest BCUT2D eigenvalue weighted by atomic mass is 16.2. The number of nitrogens with zero attached hydrogens (tertiary/aromatic N) is 5. The minimum atomic E-state index is -0.439. The first-order chi connectivity index (χ1) is 16.8. The molecule has 2 aromatic heterocycles. The van der Waals surface area contributed by atoms with E-state index in [1.165, 1.54) is 13.2 Å². The Balaban J connectivity index is 1.83. The van der Waals surface area contributed by atoms with Crippen LogP contribution in [-0.4, -0.2) is 90.5 Å². The third kappa shape index (κ3) is 4.67. The number of rotatable bonds is 5. The molecule has 1 aromatic carbocycles. The van der Waals surface area contributed by atoms with Crippen LogP contribution in [0.25, 0.3) is 11.3 Å². The molecule has 3 amide bonds. The first kappa shape index (κ1) is 25.3. The number of hydrogen-bond donors (Lipinski definition) is 4. The lowest BCUT2D eigenvalue weighted by Crippen LogP contribution is -2.50. The third-order valence-electron chi connectivity index (χ3n) is 6.13. The highest BCUT2D eigenvalue weighted by molar-refractivity contribution is 6.60. The monoisotopic (exact) mass is 481 g/mol. The predicted octanol–water partition coefficient (Wildman–Crippen LogP) is -3.56. The molecular weight excluding hydrogens is 452 g/mol. The van der Waals surface area contributed by atoms with Crippen molar-refractivity contribution < 1.29 is 9.59 Å². The summed E-state index contributed by atoms with van der Waals surface area (Å²) in [5, 5.41) is 20.0. The molecule has 1 aliphatic rings. The van der Waals surface area contributed by atoms with Crippen LogP contribution in [0.2, 0.25) is 0 Å². The Hall–Kier alpha value is -3.83. The van der Waals surface area contributed by atoms with Crippen molar-refractivity contribution in [1.29, 1.82) is 0 Å². The van der Waals surface area contributed by atoms with Gasteiger partial charge in [0.25, 0.3) is 5.91 Å². The van der Waals surface area contributed by atoms with Crippen molar-refractivity contribution in [1.82, 2.24) is 30.6 Å². The summed E-state index contributed by atoms with van der Waals surface area (Å²) in [6, 6.07) is 7.14. The number of anilines is 4. The number of benzene rings is 1. The highest BCUT2D eigenvalue weighted by Crippen LogP contribution is 2.47. The number of hydrogen-bond acceptors (Lipinski definition) is 7. The number of aromatic nitrogens is 4. The van der Waals surface area contributed by atoms with E-state index in [1.807, 2.05) is 55.8 Å². The van der Waals surface area contributed by atoms with Crippen LogP contribution in [0.4, 0.5) is 27.7 Å². The zero-order chi connectivity index (χ0) is 26.4. The second-order valence-corrected chi connectivity index (χ2v) is 10.4. The van der Waals surface area contributed by atoms with Crippen LogP contribution in [0.5, 0.6) is 0 Å². The minimum absolute atomic E-state index is 0.279. The van der Waals surface area contributed by atoms with E-state index in [0.29, 0.717) is 17.1 Å². The van der Waals surface area contributed by atoms with Crippen molar-refractivity contribution in [3.63, 3.8) is 0 Å². The maximum absolute atomic E-state index is 13.2. The van der Waals surface area contributed by atoms with E-state index in [2.05, 4.69) is 57.0 Å². The summed E-state index contributed by atoms with van der Waals surface area (Å²) >= 11 is 0. The summed E-state index contributed by atoms with van der Waals surface area (Å²) in [5.74, 6) is 0.0255. The van der Waals surface area contributed by atoms with Crippen molar-refractivity contribution in [2.75, 3.05) is 29.6 Å². The Bertz CT molecular complexity index is 1360. The second kappa shape index (κ2) is 9.00. The summed E-state index contributed by atoms with van der Waals surface area (Å²) in [6.07, 6.45) is 1.46. The van der Waals surface area contributed by atoms with E-state index in [-0.39, 0.29) is 5.91 Å². The smallest absolute Gasteiger partial charge is 0.320 e. The van der Waals surface area contributed by atoms with Crippen LogP contribution in [0, 0.1) is 0 Å². The summed E-state index contributed by atoms with van der Waals surface area (Å²) in [6.45, 7) is 0. The normalized spacial score (nSPS) is 13.8. The van der Waals surface area contributed by atoms with E-state index < -0.39 is 16.6 Å². The summed E-state index contributed by atoms with van der Waals surface area (Å²) in [4.78, 5) is 33.1. The number of carbonyl (C=O) groups excluding carboxylic acids is 2. The summed E-state index contributed by atoms with van der Waals surface area (Å²) < 4.78 is 0. The Labute approximate surface area is 214 Å². The first-order valence-corrected chi connectivity index (χ1v) is 11.7. The summed E-state index contributed by atoms with van der Waals surface area (Å²) in [5.41, 5.74) is 5.20. The van der Waals surface area contributed by atoms with Gasteiger partial charge in [-0.2, -0.15) is 15.0 Å². The SMILES string of the molecule is BC(B)(B)NC(=O)c1cnc(NC(=O)NC)cc1Nc1cccc2c1N(C)C(B)(B)c1nn(C)nc1-2. The fraction of sp³-hybridized carbons (Fsp3) is 0.250. The molecule has 0 fully saturated rings. The van der Waals surface area contributed by atoms with Crippen LogP contribution < -0.4 is 26.2 Å². The number of pyridine rings is 1. The molecule has 0 saturated heterocycles. The van der Waals surface area contributed by atoms with Gasteiger partial charge < -0.3 is 20.9 Å².